The number of benzene rings is 1. The molecule has 0 aliphatic carbocycles. The fourth-order valence-electron chi connectivity index (χ4n) is 2.81. The van der Waals surface area contributed by atoms with Gasteiger partial charge in [0.05, 0.1) is 12.7 Å². The van der Waals surface area contributed by atoms with E-state index in [1.165, 1.54) is 5.56 Å². The minimum Gasteiger partial charge on any atom is -0.491 e. The van der Waals surface area contributed by atoms with Gasteiger partial charge < -0.3 is 10.1 Å². The van der Waals surface area contributed by atoms with E-state index in [0.717, 1.165) is 22.7 Å². The second-order valence-electron chi connectivity index (χ2n) is 6.21. The third-order valence-corrected chi connectivity index (χ3v) is 4.00. The van der Waals surface area contributed by atoms with Gasteiger partial charge in [-0.05, 0) is 45.4 Å². The Bertz CT molecular complexity index is 931. The summed E-state index contributed by atoms with van der Waals surface area (Å²) in [6.45, 7) is 8.71. The molecule has 6 heteroatoms. The van der Waals surface area contributed by atoms with E-state index in [1.54, 1.807) is 10.7 Å². The third-order valence-electron chi connectivity index (χ3n) is 4.00. The molecule has 2 aromatic heterocycles. The first-order chi connectivity index (χ1) is 12.0. The predicted octanol–water partition coefficient (Wildman–Crippen LogP) is 2.77. The van der Waals surface area contributed by atoms with Crippen molar-refractivity contribution in [1.29, 1.82) is 0 Å². The van der Waals surface area contributed by atoms with E-state index in [0.29, 0.717) is 24.4 Å². The van der Waals surface area contributed by atoms with Crippen LogP contribution < -0.4 is 10.1 Å². The molecule has 0 aliphatic rings. The molecule has 25 heavy (non-hydrogen) atoms. The van der Waals surface area contributed by atoms with Crippen LogP contribution in [0.1, 0.15) is 32.9 Å². The van der Waals surface area contributed by atoms with Crippen LogP contribution in [0.5, 0.6) is 5.75 Å². The molecule has 3 rings (SSSR count). The van der Waals surface area contributed by atoms with Crippen molar-refractivity contribution >= 4 is 11.6 Å². The maximum absolute atomic E-state index is 12.4. The zero-order chi connectivity index (χ0) is 18.0. The van der Waals surface area contributed by atoms with E-state index >= 15 is 0 Å². The number of aromatic nitrogens is 3. The number of amides is 1. The lowest BCUT2D eigenvalue weighted by Gasteiger charge is -2.10. The molecule has 0 unspecified atom stereocenters. The lowest BCUT2D eigenvalue weighted by Crippen LogP contribution is -2.28. The highest BCUT2D eigenvalue weighted by atomic mass is 16.5. The van der Waals surface area contributed by atoms with Crippen molar-refractivity contribution in [2.24, 2.45) is 0 Å². The number of fused-ring (bicyclic) bond motifs is 1. The van der Waals surface area contributed by atoms with Gasteiger partial charge >= 0.3 is 0 Å². The molecule has 0 saturated heterocycles. The van der Waals surface area contributed by atoms with Gasteiger partial charge in [0.1, 0.15) is 17.9 Å². The molecule has 0 saturated carbocycles. The third kappa shape index (κ3) is 3.63. The molecule has 0 bridgehead atoms. The molecule has 1 aromatic carbocycles. The number of hydrogen-bond donors (Lipinski definition) is 1. The second-order valence-corrected chi connectivity index (χ2v) is 6.21. The summed E-state index contributed by atoms with van der Waals surface area (Å²) >= 11 is 0. The maximum atomic E-state index is 12.4. The second kappa shape index (κ2) is 6.93. The summed E-state index contributed by atoms with van der Waals surface area (Å²) in [6.07, 6.45) is 1.55. The highest BCUT2D eigenvalue weighted by molar-refractivity contribution is 5.99. The zero-order valence-electron chi connectivity index (χ0n) is 15.0. The summed E-state index contributed by atoms with van der Waals surface area (Å²) in [5.74, 6) is 0.639. The summed E-state index contributed by atoms with van der Waals surface area (Å²) in [4.78, 5) is 16.8. The van der Waals surface area contributed by atoms with Crippen LogP contribution >= 0.6 is 0 Å². The summed E-state index contributed by atoms with van der Waals surface area (Å²) in [7, 11) is 0. The van der Waals surface area contributed by atoms with Crippen molar-refractivity contribution < 1.29 is 9.53 Å². The smallest absolute Gasteiger partial charge is 0.256 e. The van der Waals surface area contributed by atoms with Crippen LogP contribution in [0.3, 0.4) is 0 Å². The Morgan fingerprint density at radius 3 is 2.76 bits per heavy atom. The van der Waals surface area contributed by atoms with Gasteiger partial charge in [-0.1, -0.05) is 17.7 Å². The number of carbonyl (C=O) groups is 1. The minimum atomic E-state index is -0.197. The van der Waals surface area contributed by atoms with Crippen LogP contribution in [0.4, 0.5) is 0 Å². The number of nitrogens with zero attached hydrogens (tertiary/aromatic N) is 3. The van der Waals surface area contributed by atoms with Crippen molar-refractivity contribution in [3.8, 4) is 5.75 Å². The Kier molecular flexibility index (Phi) is 4.70. The molecule has 130 valence electrons. The summed E-state index contributed by atoms with van der Waals surface area (Å²) in [6, 6.07) is 7.96. The molecule has 0 aliphatic heterocycles. The fraction of sp³-hybridized carbons (Fsp3) is 0.316. The number of aryl methyl sites for hydroxylation is 4. The predicted molar refractivity (Wildman–Crippen MR) is 96.2 cm³/mol. The van der Waals surface area contributed by atoms with Gasteiger partial charge in [0.15, 0.2) is 5.65 Å². The van der Waals surface area contributed by atoms with E-state index in [2.05, 4.69) is 21.5 Å². The normalized spacial score (nSPS) is 10.9. The molecule has 3 aromatic rings. The number of carbonyl (C=O) groups excluding carboxylic acids is 1. The molecule has 1 amide bonds. The van der Waals surface area contributed by atoms with Crippen molar-refractivity contribution in [3.05, 3.63) is 58.5 Å². The molecule has 1 N–H and O–H groups in total. The monoisotopic (exact) mass is 338 g/mol. The van der Waals surface area contributed by atoms with Crippen LogP contribution in [0.2, 0.25) is 0 Å². The van der Waals surface area contributed by atoms with Gasteiger partial charge in [0.25, 0.3) is 5.91 Å². The molecule has 0 atom stereocenters. The summed E-state index contributed by atoms with van der Waals surface area (Å²) in [5, 5.41) is 7.10. The summed E-state index contributed by atoms with van der Waals surface area (Å²) in [5.41, 5.74) is 5.13. The average Bonchev–Trinajstić information content (AvgIpc) is 2.97. The largest absolute Gasteiger partial charge is 0.491 e. The Hall–Kier alpha value is -2.89. The van der Waals surface area contributed by atoms with Crippen LogP contribution in [0.15, 0.2) is 30.5 Å². The van der Waals surface area contributed by atoms with Gasteiger partial charge in [0, 0.05) is 11.4 Å². The number of ether oxygens (including phenoxy) is 1. The van der Waals surface area contributed by atoms with Crippen LogP contribution in [-0.4, -0.2) is 33.7 Å². The average molecular weight is 338 g/mol. The molecule has 0 radical (unpaired) electrons. The van der Waals surface area contributed by atoms with Gasteiger partial charge in [-0.2, -0.15) is 5.10 Å². The van der Waals surface area contributed by atoms with E-state index < -0.39 is 0 Å². The van der Waals surface area contributed by atoms with Crippen molar-refractivity contribution in [2.45, 2.75) is 27.7 Å². The van der Waals surface area contributed by atoms with Crippen LogP contribution in [0, 0.1) is 27.7 Å². The Morgan fingerprint density at radius 2 is 2.00 bits per heavy atom. The number of hydrogen-bond acceptors (Lipinski definition) is 4. The topological polar surface area (TPSA) is 68.5 Å². The van der Waals surface area contributed by atoms with Gasteiger partial charge in [-0.25, -0.2) is 9.50 Å². The SMILES string of the molecule is Cc1ccc(OCCNC(=O)c2cnn3c(C)cc(C)nc23)c(C)c1. The quantitative estimate of drug-likeness (QED) is 0.726. The first-order valence-electron chi connectivity index (χ1n) is 8.26. The molecule has 0 fully saturated rings. The van der Waals surface area contributed by atoms with E-state index in [-0.39, 0.29) is 5.91 Å². The van der Waals surface area contributed by atoms with Crippen molar-refractivity contribution in [1.82, 2.24) is 19.9 Å². The Morgan fingerprint density at radius 1 is 1.20 bits per heavy atom. The highest BCUT2D eigenvalue weighted by Gasteiger charge is 2.15. The molecular weight excluding hydrogens is 316 g/mol. The van der Waals surface area contributed by atoms with Gasteiger partial charge in [-0.15, -0.1) is 0 Å². The molecule has 0 spiro atoms. The first-order valence-corrected chi connectivity index (χ1v) is 8.26. The van der Waals surface area contributed by atoms with Crippen molar-refractivity contribution in [3.63, 3.8) is 0 Å². The zero-order valence-corrected chi connectivity index (χ0v) is 15.0. The summed E-state index contributed by atoms with van der Waals surface area (Å²) < 4.78 is 7.41. The minimum absolute atomic E-state index is 0.197. The fourth-order valence-corrected chi connectivity index (χ4v) is 2.81. The van der Waals surface area contributed by atoms with E-state index in [9.17, 15) is 4.79 Å². The van der Waals surface area contributed by atoms with E-state index in [4.69, 9.17) is 4.74 Å². The molecule has 6 nitrogen and oxygen atoms in total. The highest BCUT2D eigenvalue weighted by Crippen LogP contribution is 2.18. The lowest BCUT2D eigenvalue weighted by atomic mass is 10.1. The van der Waals surface area contributed by atoms with Crippen molar-refractivity contribution in [2.75, 3.05) is 13.2 Å². The standard InChI is InChI=1S/C19H22N4O2/c1-12-5-6-17(13(2)9-12)25-8-7-20-19(24)16-11-21-23-15(4)10-14(3)22-18(16)23/h5-6,9-11H,7-8H2,1-4H3,(H,20,24). The van der Waals surface area contributed by atoms with Gasteiger partial charge in [0.2, 0.25) is 0 Å². The number of nitrogens with one attached hydrogen (secondary N) is 1. The Balaban J connectivity index is 1.61. The van der Waals surface area contributed by atoms with Gasteiger partial charge in [-0.3, -0.25) is 4.79 Å². The Labute approximate surface area is 146 Å². The molecule has 2 heterocycles. The lowest BCUT2D eigenvalue weighted by molar-refractivity contribution is 0.0948. The van der Waals surface area contributed by atoms with E-state index in [1.807, 2.05) is 45.9 Å². The van der Waals surface area contributed by atoms with Crippen LogP contribution in [-0.2, 0) is 0 Å². The number of rotatable bonds is 5. The van der Waals surface area contributed by atoms with Crippen LogP contribution in [0.25, 0.3) is 5.65 Å². The molecular formula is C19H22N4O2. The first kappa shape index (κ1) is 17.0. The maximum Gasteiger partial charge on any atom is 0.256 e.